The van der Waals surface area contributed by atoms with Crippen molar-refractivity contribution in [1.82, 2.24) is 4.57 Å². The molecule has 1 aliphatic rings. The molecule has 32 heavy (non-hydrogen) atoms. The number of aromatic nitrogens is 1. The van der Waals surface area contributed by atoms with Crippen molar-refractivity contribution in [3.05, 3.63) is 84.4 Å². The Balaban J connectivity index is 1.66. The van der Waals surface area contributed by atoms with Gasteiger partial charge in [0.05, 0.1) is 25.3 Å². The highest BCUT2D eigenvalue weighted by molar-refractivity contribution is 6.04. The van der Waals surface area contributed by atoms with Crippen LogP contribution in [0.15, 0.2) is 78.9 Å². The summed E-state index contributed by atoms with van der Waals surface area (Å²) in [5, 5.41) is 12.4. The lowest BCUT2D eigenvalue weighted by atomic mass is 9.97. The van der Waals surface area contributed by atoms with Crippen molar-refractivity contribution in [2.45, 2.75) is 38.8 Å². The number of aryl methyl sites for hydroxylation is 1. The highest BCUT2D eigenvalue weighted by Gasteiger charge is 2.24. The Labute approximate surface area is 190 Å². The summed E-state index contributed by atoms with van der Waals surface area (Å²) in [5.74, 6) is 0. The van der Waals surface area contributed by atoms with Crippen molar-refractivity contribution in [2.24, 2.45) is 0 Å². The number of piperidine rings is 1. The summed E-state index contributed by atoms with van der Waals surface area (Å²) in [5.41, 5.74) is 7.32. The van der Waals surface area contributed by atoms with Crippen LogP contribution in [-0.2, 0) is 6.54 Å². The van der Waals surface area contributed by atoms with E-state index in [1.54, 1.807) is 4.90 Å². The standard InChI is InChI=1S/C29H32N2O/c1-22-15-16-27-26(19-22)28(23-11-5-2-6-12-23)29(24-13-7-3-8-14-24)31(27)21-25(32)20-30-17-9-4-10-18-30/h2-3,5-8,11-16,19,25,32H,4,9-10,17-18,20-21H2,1H3/p+1/t25-/m0/s1. The number of quaternary nitrogens is 1. The van der Waals surface area contributed by atoms with Crippen molar-refractivity contribution in [1.29, 1.82) is 0 Å². The maximum Gasteiger partial charge on any atom is 0.121 e. The van der Waals surface area contributed by atoms with Gasteiger partial charge in [0.2, 0.25) is 0 Å². The fourth-order valence-electron chi connectivity index (χ4n) is 5.32. The molecule has 3 aromatic carbocycles. The fourth-order valence-corrected chi connectivity index (χ4v) is 5.32. The highest BCUT2D eigenvalue weighted by atomic mass is 16.3. The molecule has 5 rings (SSSR count). The van der Waals surface area contributed by atoms with Gasteiger partial charge in [0.1, 0.15) is 12.6 Å². The Morgan fingerprint density at radius 3 is 2.19 bits per heavy atom. The number of benzene rings is 3. The van der Waals surface area contributed by atoms with Gasteiger partial charge in [-0.25, -0.2) is 0 Å². The lowest BCUT2D eigenvalue weighted by molar-refractivity contribution is -0.908. The Hall–Kier alpha value is -2.88. The molecule has 0 spiro atoms. The Morgan fingerprint density at radius 2 is 1.50 bits per heavy atom. The fraction of sp³-hybridized carbons (Fsp3) is 0.310. The molecule has 0 radical (unpaired) electrons. The van der Waals surface area contributed by atoms with E-state index in [1.807, 2.05) is 0 Å². The van der Waals surface area contributed by atoms with Crippen LogP contribution >= 0.6 is 0 Å². The van der Waals surface area contributed by atoms with Gasteiger partial charge in [-0.2, -0.15) is 0 Å². The van der Waals surface area contributed by atoms with Crippen LogP contribution in [0.3, 0.4) is 0 Å². The molecule has 1 aromatic heterocycles. The maximum atomic E-state index is 11.2. The zero-order chi connectivity index (χ0) is 21.9. The number of hydrogen-bond acceptors (Lipinski definition) is 1. The van der Waals surface area contributed by atoms with Gasteiger partial charge in [0, 0.05) is 16.5 Å². The molecule has 1 aliphatic heterocycles. The average Bonchev–Trinajstić information content (AvgIpc) is 3.13. The normalized spacial score (nSPS) is 15.8. The van der Waals surface area contributed by atoms with E-state index >= 15 is 0 Å². The molecule has 0 unspecified atom stereocenters. The number of nitrogens with one attached hydrogen (secondary N) is 1. The summed E-state index contributed by atoms with van der Waals surface area (Å²) in [6, 6.07) is 28.0. The van der Waals surface area contributed by atoms with Crippen molar-refractivity contribution in [3.8, 4) is 22.4 Å². The molecule has 1 saturated heterocycles. The minimum Gasteiger partial charge on any atom is -0.385 e. The molecule has 1 atom stereocenters. The monoisotopic (exact) mass is 425 g/mol. The number of likely N-dealkylation sites (tertiary alicyclic amines) is 1. The Morgan fingerprint density at radius 1 is 0.844 bits per heavy atom. The van der Waals surface area contributed by atoms with E-state index in [2.05, 4.69) is 90.4 Å². The first-order valence-electron chi connectivity index (χ1n) is 12.0. The molecule has 3 heteroatoms. The van der Waals surface area contributed by atoms with E-state index in [4.69, 9.17) is 0 Å². The Bertz CT molecular complexity index is 1170. The van der Waals surface area contributed by atoms with Crippen molar-refractivity contribution in [2.75, 3.05) is 19.6 Å². The third-order valence-corrected chi connectivity index (χ3v) is 6.81. The predicted molar refractivity (Wildman–Crippen MR) is 133 cm³/mol. The first-order valence-corrected chi connectivity index (χ1v) is 12.0. The second-order valence-corrected chi connectivity index (χ2v) is 9.26. The van der Waals surface area contributed by atoms with E-state index in [9.17, 15) is 5.11 Å². The number of hydrogen-bond donors (Lipinski definition) is 2. The summed E-state index contributed by atoms with van der Waals surface area (Å²) in [6.07, 6.45) is 3.52. The van der Waals surface area contributed by atoms with Gasteiger partial charge in [-0.3, -0.25) is 0 Å². The molecule has 0 amide bonds. The van der Waals surface area contributed by atoms with Crippen LogP contribution in [0.4, 0.5) is 0 Å². The molecule has 1 fully saturated rings. The van der Waals surface area contributed by atoms with E-state index < -0.39 is 0 Å². The number of nitrogens with zero attached hydrogens (tertiary/aromatic N) is 1. The molecule has 0 saturated carbocycles. The number of aliphatic hydroxyl groups excluding tert-OH is 1. The van der Waals surface area contributed by atoms with Crippen LogP contribution in [0.2, 0.25) is 0 Å². The third-order valence-electron chi connectivity index (χ3n) is 6.81. The molecule has 3 nitrogen and oxygen atoms in total. The van der Waals surface area contributed by atoms with Gasteiger partial charge in [-0.05, 0) is 49.4 Å². The zero-order valence-electron chi connectivity index (χ0n) is 18.9. The van der Waals surface area contributed by atoms with Crippen molar-refractivity contribution in [3.63, 3.8) is 0 Å². The number of fused-ring (bicyclic) bond motifs is 1. The van der Waals surface area contributed by atoms with Crippen LogP contribution in [0.25, 0.3) is 33.3 Å². The quantitative estimate of drug-likeness (QED) is 0.460. The Kier molecular flexibility index (Phi) is 6.11. The van der Waals surface area contributed by atoms with Crippen LogP contribution in [-0.4, -0.2) is 35.4 Å². The number of rotatable bonds is 6. The predicted octanol–water partition coefficient (Wildman–Crippen LogP) is 4.71. The van der Waals surface area contributed by atoms with E-state index in [0.717, 1.165) is 6.54 Å². The van der Waals surface area contributed by atoms with Gasteiger partial charge in [0.25, 0.3) is 0 Å². The van der Waals surface area contributed by atoms with E-state index in [0.29, 0.717) is 6.54 Å². The lowest BCUT2D eigenvalue weighted by Gasteiger charge is -2.26. The van der Waals surface area contributed by atoms with Crippen molar-refractivity contribution >= 4 is 10.9 Å². The van der Waals surface area contributed by atoms with Gasteiger partial charge >= 0.3 is 0 Å². The maximum absolute atomic E-state index is 11.2. The summed E-state index contributed by atoms with van der Waals surface area (Å²) < 4.78 is 2.36. The molecule has 0 bridgehead atoms. The van der Waals surface area contributed by atoms with Crippen LogP contribution in [0, 0.1) is 6.92 Å². The van der Waals surface area contributed by atoms with Crippen molar-refractivity contribution < 1.29 is 10.0 Å². The lowest BCUT2D eigenvalue weighted by Crippen LogP contribution is -3.13. The first kappa shape index (κ1) is 21.0. The molecule has 2 heterocycles. The molecule has 0 aliphatic carbocycles. The smallest absolute Gasteiger partial charge is 0.121 e. The second kappa shape index (κ2) is 9.32. The van der Waals surface area contributed by atoms with Crippen LogP contribution in [0.1, 0.15) is 24.8 Å². The highest BCUT2D eigenvalue weighted by Crippen LogP contribution is 2.41. The third kappa shape index (κ3) is 4.23. The van der Waals surface area contributed by atoms with Crippen LogP contribution in [0.5, 0.6) is 0 Å². The largest absolute Gasteiger partial charge is 0.385 e. The SMILES string of the molecule is Cc1ccc2c(c1)c(-c1ccccc1)c(-c1ccccc1)n2C[C@@H](O)C[NH+]1CCCCC1. The van der Waals surface area contributed by atoms with Gasteiger partial charge in [-0.1, -0.05) is 72.3 Å². The number of aliphatic hydroxyl groups is 1. The van der Waals surface area contributed by atoms with E-state index in [-0.39, 0.29) is 6.10 Å². The zero-order valence-corrected chi connectivity index (χ0v) is 18.9. The van der Waals surface area contributed by atoms with Gasteiger partial charge in [0.15, 0.2) is 0 Å². The topological polar surface area (TPSA) is 29.6 Å². The minimum absolute atomic E-state index is 0.369. The average molecular weight is 426 g/mol. The summed E-state index contributed by atoms with van der Waals surface area (Å²) >= 11 is 0. The molecule has 164 valence electrons. The molecular weight excluding hydrogens is 392 g/mol. The first-order chi connectivity index (χ1) is 15.7. The van der Waals surface area contributed by atoms with Gasteiger partial charge in [-0.15, -0.1) is 0 Å². The summed E-state index contributed by atoms with van der Waals surface area (Å²) in [6.45, 7) is 5.95. The van der Waals surface area contributed by atoms with Crippen LogP contribution < -0.4 is 4.90 Å². The van der Waals surface area contributed by atoms with Gasteiger partial charge < -0.3 is 14.6 Å². The minimum atomic E-state index is -0.369. The van der Waals surface area contributed by atoms with E-state index in [1.165, 1.54) is 71.2 Å². The molecular formula is C29H33N2O+. The molecule has 2 N–H and O–H groups in total. The molecule has 4 aromatic rings. The summed E-state index contributed by atoms with van der Waals surface area (Å²) in [4.78, 5) is 1.54. The summed E-state index contributed by atoms with van der Waals surface area (Å²) in [7, 11) is 0. The second-order valence-electron chi connectivity index (χ2n) is 9.26.